The summed E-state index contributed by atoms with van der Waals surface area (Å²) < 4.78 is 13.6. The third-order valence-electron chi connectivity index (χ3n) is 3.93. The van der Waals surface area contributed by atoms with E-state index in [0.29, 0.717) is 17.0 Å². The number of rotatable bonds is 5. The number of carbonyl (C=O) groups is 1. The Hall–Kier alpha value is -1.66. The Bertz CT molecular complexity index is 709. The van der Waals surface area contributed by atoms with Gasteiger partial charge in [0.15, 0.2) is 7.14 Å². The molecule has 2 nitrogen and oxygen atoms in total. The number of carbonyl (C=O) groups excluding carboxylic acids is 1. The van der Waals surface area contributed by atoms with Gasteiger partial charge in [-0.25, -0.2) is 0 Å². The molecule has 0 saturated carbocycles. The first-order valence-electron chi connectivity index (χ1n) is 7.67. The molecule has 0 N–H and O–H groups in total. The molecule has 2 aromatic carbocycles. The van der Waals surface area contributed by atoms with E-state index in [1.807, 2.05) is 70.2 Å². The number of benzene rings is 2. The first kappa shape index (κ1) is 16.7. The monoisotopic (exact) mass is 314 g/mol. The molecule has 0 spiro atoms. The minimum absolute atomic E-state index is 0.199. The Morgan fingerprint density at radius 2 is 1.55 bits per heavy atom. The molecule has 116 valence electrons. The molecule has 0 fully saturated rings. The van der Waals surface area contributed by atoms with Crippen molar-refractivity contribution in [2.75, 3.05) is 6.16 Å². The van der Waals surface area contributed by atoms with Crippen LogP contribution in [0.4, 0.5) is 0 Å². The Kier molecular flexibility index (Phi) is 5.03. The molecule has 0 radical (unpaired) electrons. The molecule has 1 atom stereocenters. The number of aryl methyl sites for hydroxylation is 3. The SMILES string of the molecule is CCCP(=O)(C(=O)c1c(C)cc(C)cc1C)c1ccccc1. The summed E-state index contributed by atoms with van der Waals surface area (Å²) in [5.41, 5.74) is 3.38. The molecular weight excluding hydrogens is 291 g/mol. The summed E-state index contributed by atoms with van der Waals surface area (Å²) in [4.78, 5) is 13.1. The lowest BCUT2D eigenvalue weighted by atomic mass is 10.0. The van der Waals surface area contributed by atoms with Crippen LogP contribution in [0.1, 0.15) is 40.4 Å². The largest absolute Gasteiger partial charge is 0.310 e. The molecule has 0 heterocycles. The van der Waals surface area contributed by atoms with Crippen molar-refractivity contribution in [2.45, 2.75) is 34.1 Å². The van der Waals surface area contributed by atoms with E-state index in [4.69, 9.17) is 0 Å². The van der Waals surface area contributed by atoms with Crippen molar-refractivity contribution in [2.24, 2.45) is 0 Å². The predicted molar refractivity (Wildman–Crippen MR) is 93.8 cm³/mol. The summed E-state index contributed by atoms with van der Waals surface area (Å²) >= 11 is 0. The van der Waals surface area contributed by atoms with Gasteiger partial charge in [-0.1, -0.05) is 55.0 Å². The molecular formula is C19H23O2P. The average Bonchev–Trinajstić information content (AvgIpc) is 2.47. The number of hydrogen-bond donors (Lipinski definition) is 0. The highest BCUT2D eigenvalue weighted by molar-refractivity contribution is 7.87. The van der Waals surface area contributed by atoms with Gasteiger partial charge in [0.1, 0.15) is 0 Å². The van der Waals surface area contributed by atoms with Gasteiger partial charge in [-0.2, -0.15) is 0 Å². The molecule has 0 aromatic heterocycles. The molecule has 0 bridgehead atoms. The van der Waals surface area contributed by atoms with Gasteiger partial charge in [0.25, 0.3) is 0 Å². The van der Waals surface area contributed by atoms with Crippen LogP contribution >= 0.6 is 7.14 Å². The third kappa shape index (κ3) is 3.08. The van der Waals surface area contributed by atoms with Crippen molar-refractivity contribution in [1.82, 2.24) is 0 Å². The minimum atomic E-state index is -3.09. The highest BCUT2D eigenvalue weighted by Crippen LogP contribution is 2.49. The van der Waals surface area contributed by atoms with Gasteiger partial charge in [0.05, 0.1) is 0 Å². The summed E-state index contributed by atoms with van der Waals surface area (Å²) in [6.07, 6.45) is 1.14. The lowest BCUT2D eigenvalue weighted by Gasteiger charge is -2.19. The van der Waals surface area contributed by atoms with Crippen LogP contribution in [0.5, 0.6) is 0 Å². The predicted octanol–water partition coefficient (Wildman–Crippen LogP) is 4.85. The second-order valence-electron chi connectivity index (χ2n) is 5.88. The van der Waals surface area contributed by atoms with Crippen molar-refractivity contribution >= 4 is 18.0 Å². The summed E-state index contributed by atoms with van der Waals surface area (Å²) in [5, 5.41) is 0.668. The van der Waals surface area contributed by atoms with Crippen LogP contribution in [0.2, 0.25) is 0 Å². The van der Waals surface area contributed by atoms with E-state index < -0.39 is 7.14 Å². The van der Waals surface area contributed by atoms with E-state index in [1.165, 1.54) is 0 Å². The Labute approximate surface area is 132 Å². The Morgan fingerprint density at radius 3 is 2.05 bits per heavy atom. The molecule has 3 heteroatoms. The maximum Gasteiger partial charge on any atom is 0.226 e. The molecule has 2 rings (SSSR count). The first-order valence-corrected chi connectivity index (χ1v) is 9.56. The minimum Gasteiger partial charge on any atom is -0.310 e. The van der Waals surface area contributed by atoms with E-state index in [2.05, 4.69) is 0 Å². The highest BCUT2D eigenvalue weighted by atomic mass is 31.2. The lowest BCUT2D eigenvalue weighted by Crippen LogP contribution is -2.17. The fourth-order valence-electron chi connectivity index (χ4n) is 3.03. The summed E-state index contributed by atoms with van der Waals surface area (Å²) in [7, 11) is -3.09. The Morgan fingerprint density at radius 1 is 1.00 bits per heavy atom. The van der Waals surface area contributed by atoms with E-state index in [1.54, 1.807) is 0 Å². The standard InChI is InChI=1S/C19H23O2P/c1-5-11-22(21,17-9-7-6-8-10-17)19(20)18-15(3)12-14(2)13-16(18)4/h6-10,12-13H,5,11H2,1-4H3. The Balaban J connectivity index is 2.60. The third-order valence-corrected chi connectivity index (χ3v) is 7.02. The molecule has 0 aliphatic heterocycles. The van der Waals surface area contributed by atoms with E-state index in [0.717, 1.165) is 23.1 Å². The average molecular weight is 314 g/mol. The van der Waals surface area contributed by atoms with Crippen LogP contribution in [0.3, 0.4) is 0 Å². The highest BCUT2D eigenvalue weighted by Gasteiger charge is 2.35. The van der Waals surface area contributed by atoms with Gasteiger partial charge < -0.3 is 4.57 Å². The summed E-state index contributed by atoms with van der Waals surface area (Å²) in [6, 6.07) is 13.2. The van der Waals surface area contributed by atoms with Crippen LogP contribution in [0.25, 0.3) is 0 Å². The molecule has 0 amide bonds. The van der Waals surface area contributed by atoms with Crippen molar-refractivity contribution in [3.05, 3.63) is 64.7 Å². The molecule has 0 aliphatic rings. The molecule has 0 aliphatic carbocycles. The normalized spacial score (nSPS) is 13.6. The molecule has 22 heavy (non-hydrogen) atoms. The maximum absolute atomic E-state index is 13.6. The van der Waals surface area contributed by atoms with Crippen LogP contribution in [-0.4, -0.2) is 11.7 Å². The van der Waals surface area contributed by atoms with Gasteiger partial charge in [-0.3, -0.25) is 4.79 Å². The summed E-state index contributed by atoms with van der Waals surface area (Å²) in [6.45, 7) is 7.83. The van der Waals surface area contributed by atoms with Crippen molar-refractivity contribution < 1.29 is 9.36 Å². The lowest BCUT2D eigenvalue weighted by molar-refractivity contribution is 0.107. The van der Waals surface area contributed by atoms with E-state index >= 15 is 0 Å². The first-order chi connectivity index (χ1) is 10.4. The maximum atomic E-state index is 13.6. The van der Waals surface area contributed by atoms with Crippen molar-refractivity contribution in [1.29, 1.82) is 0 Å². The van der Waals surface area contributed by atoms with Crippen LogP contribution in [0.15, 0.2) is 42.5 Å². The van der Waals surface area contributed by atoms with Gasteiger partial charge in [-0.05, 0) is 38.3 Å². The van der Waals surface area contributed by atoms with E-state index in [-0.39, 0.29) is 5.52 Å². The quantitative estimate of drug-likeness (QED) is 0.739. The van der Waals surface area contributed by atoms with Crippen molar-refractivity contribution in [3.63, 3.8) is 0 Å². The summed E-state index contributed by atoms with van der Waals surface area (Å²) in [5.74, 6) is 0. The number of hydrogen-bond acceptors (Lipinski definition) is 2. The van der Waals surface area contributed by atoms with Gasteiger partial charge in [0.2, 0.25) is 5.52 Å². The zero-order chi connectivity index (χ0) is 16.3. The van der Waals surface area contributed by atoms with Crippen LogP contribution in [-0.2, 0) is 4.57 Å². The smallest absolute Gasteiger partial charge is 0.226 e. The fourth-order valence-corrected chi connectivity index (χ4v) is 5.72. The van der Waals surface area contributed by atoms with Crippen LogP contribution < -0.4 is 5.30 Å². The van der Waals surface area contributed by atoms with Gasteiger partial charge in [-0.15, -0.1) is 0 Å². The second kappa shape index (κ2) is 6.62. The van der Waals surface area contributed by atoms with Crippen LogP contribution in [0, 0.1) is 20.8 Å². The molecule has 2 aromatic rings. The second-order valence-corrected chi connectivity index (χ2v) is 8.73. The zero-order valence-corrected chi connectivity index (χ0v) is 14.6. The van der Waals surface area contributed by atoms with Crippen molar-refractivity contribution in [3.8, 4) is 0 Å². The van der Waals surface area contributed by atoms with Gasteiger partial charge in [0, 0.05) is 17.0 Å². The zero-order valence-electron chi connectivity index (χ0n) is 13.7. The molecule has 1 unspecified atom stereocenters. The topological polar surface area (TPSA) is 34.1 Å². The van der Waals surface area contributed by atoms with Gasteiger partial charge >= 0.3 is 0 Å². The molecule has 0 saturated heterocycles. The van der Waals surface area contributed by atoms with E-state index in [9.17, 15) is 9.36 Å². The fraction of sp³-hybridized carbons (Fsp3) is 0.316.